The molecule has 3 aromatic rings. The molecular formula is C21H25N3O3S. The molecule has 0 aliphatic rings. The molecule has 0 saturated carbocycles. The summed E-state index contributed by atoms with van der Waals surface area (Å²) in [6.45, 7) is 8.44. The Morgan fingerprint density at radius 2 is 2.04 bits per heavy atom. The summed E-state index contributed by atoms with van der Waals surface area (Å²) in [4.78, 5) is 30.5. The molecule has 28 heavy (non-hydrogen) atoms. The van der Waals surface area contributed by atoms with E-state index >= 15 is 0 Å². The lowest BCUT2D eigenvalue weighted by Crippen LogP contribution is -2.23. The van der Waals surface area contributed by atoms with E-state index in [4.69, 9.17) is 4.74 Å². The number of ether oxygens (including phenoxy) is 1. The van der Waals surface area contributed by atoms with Crippen LogP contribution in [0.25, 0.3) is 10.2 Å². The van der Waals surface area contributed by atoms with Crippen LogP contribution >= 0.6 is 11.3 Å². The SMILES string of the molecule is COc1cc(C)c(CNC(=O)c2sc3ncn(C)c(=O)c3c2C)cc1C(C)C. The van der Waals surface area contributed by atoms with Crippen LogP contribution in [0.2, 0.25) is 0 Å². The standard InChI is InChI=1S/C21H25N3O3S/c1-11(2)15-8-14(12(3)7-16(15)27-6)9-22-19(25)18-13(4)17-20(28-18)23-10-24(5)21(17)26/h7-8,10-11H,9H2,1-6H3,(H,22,25). The number of carbonyl (C=O) groups is 1. The van der Waals surface area contributed by atoms with E-state index in [1.54, 1.807) is 21.1 Å². The third kappa shape index (κ3) is 3.54. The van der Waals surface area contributed by atoms with Crippen molar-refractivity contribution in [3.05, 3.63) is 55.9 Å². The fraction of sp³-hybridized carbons (Fsp3) is 0.381. The van der Waals surface area contributed by atoms with Gasteiger partial charge in [-0.1, -0.05) is 13.8 Å². The van der Waals surface area contributed by atoms with Crippen molar-refractivity contribution < 1.29 is 9.53 Å². The van der Waals surface area contributed by atoms with E-state index in [-0.39, 0.29) is 11.5 Å². The third-order valence-electron chi connectivity index (χ3n) is 4.97. The number of hydrogen-bond acceptors (Lipinski definition) is 5. The van der Waals surface area contributed by atoms with Crippen LogP contribution < -0.4 is 15.6 Å². The second kappa shape index (κ2) is 7.75. The zero-order valence-corrected chi connectivity index (χ0v) is 17.9. The fourth-order valence-corrected chi connectivity index (χ4v) is 4.30. The van der Waals surface area contributed by atoms with Gasteiger partial charge in [-0.3, -0.25) is 9.59 Å². The number of aryl methyl sites for hydroxylation is 3. The largest absolute Gasteiger partial charge is 0.496 e. The molecule has 1 N–H and O–H groups in total. The van der Waals surface area contributed by atoms with Crippen LogP contribution in [0.3, 0.4) is 0 Å². The van der Waals surface area contributed by atoms with E-state index in [9.17, 15) is 9.59 Å². The van der Waals surface area contributed by atoms with Gasteiger partial charge in [0.1, 0.15) is 10.6 Å². The Morgan fingerprint density at radius 3 is 2.68 bits per heavy atom. The summed E-state index contributed by atoms with van der Waals surface area (Å²) in [5, 5.41) is 3.51. The van der Waals surface area contributed by atoms with Gasteiger partial charge in [-0.2, -0.15) is 0 Å². The highest BCUT2D eigenvalue weighted by atomic mass is 32.1. The molecule has 7 heteroatoms. The lowest BCUT2D eigenvalue weighted by molar-refractivity contribution is 0.0954. The van der Waals surface area contributed by atoms with Crippen molar-refractivity contribution in [2.45, 2.75) is 40.2 Å². The summed E-state index contributed by atoms with van der Waals surface area (Å²) in [6, 6.07) is 4.10. The molecular weight excluding hydrogens is 374 g/mol. The van der Waals surface area contributed by atoms with E-state index in [0.29, 0.717) is 33.1 Å². The number of carbonyl (C=O) groups excluding carboxylic acids is 1. The first-order valence-corrected chi connectivity index (χ1v) is 9.96. The van der Waals surface area contributed by atoms with Crippen molar-refractivity contribution in [1.82, 2.24) is 14.9 Å². The van der Waals surface area contributed by atoms with Crippen LogP contribution in [-0.4, -0.2) is 22.6 Å². The molecule has 2 heterocycles. The molecule has 1 amide bonds. The molecule has 0 atom stereocenters. The first kappa shape index (κ1) is 20.1. The van der Waals surface area contributed by atoms with E-state index < -0.39 is 0 Å². The predicted molar refractivity (Wildman–Crippen MR) is 113 cm³/mol. The highest BCUT2D eigenvalue weighted by Crippen LogP contribution is 2.30. The molecule has 6 nitrogen and oxygen atoms in total. The van der Waals surface area contributed by atoms with Gasteiger partial charge in [0.15, 0.2) is 0 Å². The highest BCUT2D eigenvalue weighted by Gasteiger charge is 2.19. The average molecular weight is 400 g/mol. The lowest BCUT2D eigenvalue weighted by Gasteiger charge is -2.16. The summed E-state index contributed by atoms with van der Waals surface area (Å²) < 4.78 is 6.91. The molecule has 0 unspecified atom stereocenters. The minimum absolute atomic E-state index is 0.134. The van der Waals surface area contributed by atoms with Crippen LogP contribution in [0.15, 0.2) is 23.3 Å². The number of aromatic nitrogens is 2. The lowest BCUT2D eigenvalue weighted by atomic mass is 9.96. The van der Waals surface area contributed by atoms with E-state index in [2.05, 4.69) is 30.2 Å². The molecule has 0 spiro atoms. The van der Waals surface area contributed by atoms with E-state index in [0.717, 1.165) is 22.4 Å². The van der Waals surface area contributed by atoms with Crippen molar-refractivity contribution in [3.8, 4) is 5.75 Å². The van der Waals surface area contributed by atoms with Gasteiger partial charge in [0, 0.05) is 13.6 Å². The normalized spacial score (nSPS) is 11.2. The number of nitrogens with zero attached hydrogens (tertiary/aromatic N) is 2. The second-order valence-corrected chi connectivity index (χ2v) is 8.25. The summed E-state index contributed by atoms with van der Waals surface area (Å²) in [6.07, 6.45) is 1.48. The molecule has 0 aliphatic carbocycles. The Morgan fingerprint density at radius 1 is 1.32 bits per heavy atom. The first-order chi connectivity index (χ1) is 13.2. The number of rotatable bonds is 5. The smallest absolute Gasteiger partial charge is 0.262 e. The molecule has 0 fully saturated rings. The number of methoxy groups -OCH3 is 1. The van der Waals surface area contributed by atoms with Gasteiger partial charge in [0.25, 0.3) is 11.5 Å². The van der Waals surface area contributed by atoms with Crippen LogP contribution in [0.5, 0.6) is 5.75 Å². The van der Waals surface area contributed by atoms with Crippen LogP contribution in [0.4, 0.5) is 0 Å². The fourth-order valence-electron chi connectivity index (χ4n) is 3.24. The number of amides is 1. The Kier molecular flexibility index (Phi) is 5.56. The first-order valence-electron chi connectivity index (χ1n) is 9.14. The average Bonchev–Trinajstić information content (AvgIpc) is 3.00. The molecule has 0 aliphatic heterocycles. The van der Waals surface area contributed by atoms with Gasteiger partial charge in [0.2, 0.25) is 0 Å². The maximum atomic E-state index is 12.8. The number of fused-ring (bicyclic) bond motifs is 1. The van der Waals surface area contributed by atoms with Crippen molar-refractivity contribution >= 4 is 27.5 Å². The van der Waals surface area contributed by atoms with Crippen molar-refractivity contribution in [3.63, 3.8) is 0 Å². The molecule has 2 aromatic heterocycles. The highest BCUT2D eigenvalue weighted by molar-refractivity contribution is 7.20. The van der Waals surface area contributed by atoms with Crippen LogP contribution in [0.1, 0.15) is 51.7 Å². The van der Waals surface area contributed by atoms with Crippen molar-refractivity contribution in [2.75, 3.05) is 7.11 Å². The zero-order chi connectivity index (χ0) is 20.6. The molecule has 0 radical (unpaired) electrons. The third-order valence-corrected chi connectivity index (χ3v) is 6.17. The number of hydrogen-bond donors (Lipinski definition) is 1. The Hall–Kier alpha value is -2.67. The van der Waals surface area contributed by atoms with Gasteiger partial charge >= 0.3 is 0 Å². The number of nitrogens with one attached hydrogen (secondary N) is 1. The number of benzene rings is 1. The minimum Gasteiger partial charge on any atom is -0.496 e. The Balaban J connectivity index is 1.88. The molecule has 0 saturated heterocycles. The monoisotopic (exact) mass is 399 g/mol. The Bertz CT molecular complexity index is 1110. The van der Waals surface area contributed by atoms with Gasteiger partial charge in [-0.25, -0.2) is 4.98 Å². The Labute approximate surface area is 168 Å². The van der Waals surface area contributed by atoms with Gasteiger partial charge < -0.3 is 14.6 Å². The quantitative estimate of drug-likeness (QED) is 0.710. The van der Waals surface area contributed by atoms with E-state index in [1.165, 1.54) is 22.2 Å². The number of thiophene rings is 1. The van der Waals surface area contributed by atoms with Gasteiger partial charge in [-0.15, -0.1) is 11.3 Å². The van der Waals surface area contributed by atoms with Crippen LogP contribution in [0, 0.1) is 13.8 Å². The minimum atomic E-state index is -0.191. The van der Waals surface area contributed by atoms with Crippen molar-refractivity contribution in [2.24, 2.45) is 7.05 Å². The molecule has 148 valence electrons. The maximum Gasteiger partial charge on any atom is 0.262 e. The molecule has 0 bridgehead atoms. The van der Waals surface area contributed by atoms with Crippen LogP contribution in [-0.2, 0) is 13.6 Å². The predicted octanol–water partition coefficient (Wildman–Crippen LogP) is 3.67. The van der Waals surface area contributed by atoms with Crippen molar-refractivity contribution in [1.29, 1.82) is 0 Å². The molecule has 1 aromatic carbocycles. The molecule has 3 rings (SSSR count). The second-order valence-electron chi connectivity index (χ2n) is 7.25. The van der Waals surface area contributed by atoms with Gasteiger partial charge in [-0.05, 0) is 54.2 Å². The zero-order valence-electron chi connectivity index (χ0n) is 17.0. The summed E-state index contributed by atoms with van der Waals surface area (Å²) >= 11 is 1.25. The topological polar surface area (TPSA) is 73.2 Å². The summed E-state index contributed by atoms with van der Waals surface area (Å²) in [7, 11) is 3.33. The maximum absolute atomic E-state index is 12.8. The summed E-state index contributed by atoms with van der Waals surface area (Å²) in [5.41, 5.74) is 3.77. The van der Waals surface area contributed by atoms with Gasteiger partial charge in [0.05, 0.1) is 23.7 Å². The van der Waals surface area contributed by atoms with E-state index in [1.807, 2.05) is 13.0 Å². The summed E-state index contributed by atoms with van der Waals surface area (Å²) in [5.74, 6) is 0.992.